The smallest absolute Gasteiger partial charge is 0.325 e. The summed E-state index contributed by atoms with van der Waals surface area (Å²) < 4.78 is 5.21. The van der Waals surface area contributed by atoms with Crippen LogP contribution in [0.5, 0.6) is 0 Å². The zero-order chi connectivity index (χ0) is 22.9. The van der Waals surface area contributed by atoms with Crippen LogP contribution in [0.4, 0.5) is 0 Å². The zero-order valence-electron chi connectivity index (χ0n) is 19.0. The van der Waals surface area contributed by atoms with Gasteiger partial charge in [-0.3, -0.25) is 14.4 Å². The van der Waals surface area contributed by atoms with Crippen LogP contribution in [-0.2, 0) is 25.5 Å². The molecule has 0 aliphatic rings. The second-order valence-electron chi connectivity index (χ2n) is 8.79. The molecule has 0 aliphatic carbocycles. The van der Waals surface area contributed by atoms with Crippen LogP contribution >= 0.6 is 0 Å². The van der Waals surface area contributed by atoms with Crippen molar-refractivity contribution >= 4 is 17.8 Å². The summed E-state index contributed by atoms with van der Waals surface area (Å²) in [4.78, 5) is 38.9. The second-order valence-corrected chi connectivity index (χ2v) is 8.79. The summed E-state index contributed by atoms with van der Waals surface area (Å²) in [6.07, 6.45) is 0.168. The van der Waals surface area contributed by atoms with E-state index in [1.165, 1.54) is 11.8 Å². The van der Waals surface area contributed by atoms with Crippen LogP contribution in [0.15, 0.2) is 30.3 Å². The van der Waals surface area contributed by atoms with E-state index in [9.17, 15) is 19.5 Å². The first kappa shape index (κ1) is 25.6. The van der Waals surface area contributed by atoms with Gasteiger partial charge in [-0.15, -0.1) is 0 Å². The van der Waals surface area contributed by atoms with E-state index in [4.69, 9.17) is 4.74 Å². The van der Waals surface area contributed by atoms with Gasteiger partial charge in [0.15, 0.2) is 0 Å². The molecule has 2 amide bonds. The fourth-order valence-corrected chi connectivity index (χ4v) is 3.17. The van der Waals surface area contributed by atoms with E-state index in [0.29, 0.717) is 13.0 Å². The molecule has 0 aliphatic heterocycles. The first-order valence-corrected chi connectivity index (χ1v) is 10.4. The maximum atomic E-state index is 12.9. The minimum atomic E-state index is -1.22. The average Bonchev–Trinajstić information content (AvgIpc) is 2.64. The van der Waals surface area contributed by atoms with Crippen molar-refractivity contribution in [3.05, 3.63) is 35.9 Å². The van der Waals surface area contributed by atoms with Gasteiger partial charge in [0.05, 0.1) is 0 Å². The Hall–Kier alpha value is -2.41. The fourth-order valence-electron chi connectivity index (χ4n) is 3.17. The maximum absolute atomic E-state index is 12.9. The Labute approximate surface area is 179 Å². The van der Waals surface area contributed by atoms with Crippen molar-refractivity contribution in [3.8, 4) is 0 Å². The summed E-state index contributed by atoms with van der Waals surface area (Å²) >= 11 is 0. The first-order chi connectivity index (χ1) is 13.9. The molecule has 0 radical (unpaired) electrons. The highest BCUT2D eigenvalue weighted by molar-refractivity contribution is 5.91. The van der Waals surface area contributed by atoms with Crippen LogP contribution < -0.4 is 5.32 Å². The number of hydrogen-bond acceptors (Lipinski definition) is 5. The van der Waals surface area contributed by atoms with Crippen molar-refractivity contribution in [2.24, 2.45) is 5.92 Å². The predicted molar refractivity (Wildman–Crippen MR) is 116 cm³/mol. The highest BCUT2D eigenvalue weighted by Crippen LogP contribution is 2.15. The third kappa shape index (κ3) is 8.95. The van der Waals surface area contributed by atoms with Crippen molar-refractivity contribution in [3.63, 3.8) is 0 Å². The zero-order valence-corrected chi connectivity index (χ0v) is 19.0. The Morgan fingerprint density at radius 2 is 1.70 bits per heavy atom. The van der Waals surface area contributed by atoms with E-state index in [2.05, 4.69) is 5.32 Å². The summed E-state index contributed by atoms with van der Waals surface area (Å²) in [5, 5.41) is 12.4. The van der Waals surface area contributed by atoms with Gasteiger partial charge >= 0.3 is 5.97 Å². The molecule has 2 unspecified atom stereocenters. The third-order valence-corrected chi connectivity index (χ3v) is 4.41. The molecule has 0 aromatic heterocycles. The van der Waals surface area contributed by atoms with Gasteiger partial charge in [-0.05, 0) is 52.0 Å². The number of nitrogens with zero attached hydrogens (tertiary/aromatic N) is 1. The molecule has 0 spiro atoms. The molecule has 0 saturated carbocycles. The molecule has 1 aromatic carbocycles. The molecule has 2 N–H and O–H groups in total. The quantitative estimate of drug-likeness (QED) is 0.566. The normalized spacial score (nSPS) is 13.5. The molecule has 7 heteroatoms. The minimum absolute atomic E-state index is 0.205. The summed E-state index contributed by atoms with van der Waals surface area (Å²) in [5.74, 6) is -1.70. The van der Waals surface area contributed by atoms with E-state index >= 15 is 0 Å². The van der Waals surface area contributed by atoms with Crippen molar-refractivity contribution in [1.82, 2.24) is 10.2 Å². The number of carbonyl (C=O) groups excluding carboxylic acids is 3. The third-order valence-electron chi connectivity index (χ3n) is 4.41. The largest absolute Gasteiger partial charge is 0.459 e. The summed E-state index contributed by atoms with van der Waals surface area (Å²) in [5.41, 5.74) is 0.489. The Kier molecular flexibility index (Phi) is 9.99. The number of esters is 1. The summed E-state index contributed by atoms with van der Waals surface area (Å²) in [6.45, 7) is 10.3. The maximum Gasteiger partial charge on any atom is 0.325 e. The van der Waals surface area contributed by atoms with Crippen molar-refractivity contribution in [2.45, 2.75) is 72.1 Å². The van der Waals surface area contributed by atoms with Crippen molar-refractivity contribution < 1.29 is 24.2 Å². The number of ether oxygens (including phenoxy) is 1. The van der Waals surface area contributed by atoms with Gasteiger partial charge < -0.3 is 20.1 Å². The molecular formula is C23H36N2O5. The molecule has 7 nitrogen and oxygen atoms in total. The van der Waals surface area contributed by atoms with E-state index in [-0.39, 0.29) is 12.5 Å². The van der Waals surface area contributed by atoms with E-state index in [0.717, 1.165) is 12.0 Å². The minimum Gasteiger partial charge on any atom is -0.459 e. The van der Waals surface area contributed by atoms with E-state index in [1.54, 1.807) is 20.8 Å². The number of aliphatic hydroxyl groups excluding tert-OH is 1. The fraction of sp³-hybridized carbons (Fsp3) is 0.609. The number of aliphatic hydroxyl groups is 1. The van der Waals surface area contributed by atoms with Crippen LogP contribution in [0.2, 0.25) is 0 Å². The van der Waals surface area contributed by atoms with Gasteiger partial charge in [0.1, 0.15) is 24.3 Å². The van der Waals surface area contributed by atoms with Gasteiger partial charge in [0.25, 0.3) is 5.91 Å². The Balaban J connectivity index is 2.85. The highest BCUT2D eigenvalue weighted by Gasteiger charge is 2.34. The lowest BCUT2D eigenvalue weighted by molar-refractivity contribution is -0.155. The predicted octanol–water partition coefficient (Wildman–Crippen LogP) is 2.31. The summed E-state index contributed by atoms with van der Waals surface area (Å²) in [6, 6.07) is 9.06. The molecule has 0 fully saturated rings. The van der Waals surface area contributed by atoms with Crippen LogP contribution in [0, 0.1) is 5.92 Å². The standard InChI is InChI=1S/C23H36N2O5/c1-16(2)20(21(28)24-15-19(27)30-23(4,5)6)25(22(29)17(3)26)14-10-13-18-11-8-7-9-12-18/h7-9,11-12,16-17,20,26H,10,13-15H2,1-6H3,(H,24,28). The second kappa shape index (κ2) is 11.7. The van der Waals surface area contributed by atoms with Crippen LogP contribution in [-0.4, -0.2) is 58.6 Å². The topological polar surface area (TPSA) is 95.9 Å². The van der Waals surface area contributed by atoms with Crippen molar-refractivity contribution in [2.75, 3.05) is 13.1 Å². The molecule has 1 aromatic rings. The van der Waals surface area contributed by atoms with E-state index < -0.39 is 35.5 Å². The first-order valence-electron chi connectivity index (χ1n) is 10.4. The molecule has 30 heavy (non-hydrogen) atoms. The lowest BCUT2D eigenvalue weighted by Gasteiger charge is -2.34. The van der Waals surface area contributed by atoms with Gasteiger partial charge in [-0.1, -0.05) is 44.2 Å². The number of amides is 2. The molecule has 1 rings (SSSR count). The van der Waals surface area contributed by atoms with Crippen molar-refractivity contribution in [1.29, 1.82) is 0 Å². The van der Waals surface area contributed by atoms with E-state index in [1.807, 2.05) is 44.2 Å². The number of carbonyl (C=O) groups is 3. The molecule has 168 valence electrons. The van der Waals surface area contributed by atoms with Crippen LogP contribution in [0.3, 0.4) is 0 Å². The number of benzene rings is 1. The summed E-state index contributed by atoms with van der Waals surface area (Å²) in [7, 11) is 0. The monoisotopic (exact) mass is 420 g/mol. The lowest BCUT2D eigenvalue weighted by atomic mass is 9.99. The van der Waals surface area contributed by atoms with Gasteiger partial charge in [-0.25, -0.2) is 0 Å². The van der Waals surface area contributed by atoms with Crippen LogP contribution in [0.25, 0.3) is 0 Å². The Morgan fingerprint density at radius 3 is 2.20 bits per heavy atom. The number of nitrogens with one attached hydrogen (secondary N) is 1. The Bertz CT molecular complexity index is 695. The van der Waals surface area contributed by atoms with Gasteiger partial charge in [0.2, 0.25) is 5.91 Å². The SMILES string of the molecule is CC(O)C(=O)N(CCCc1ccccc1)C(C(=O)NCC(=O)OC(C)(C)C)C(C)C. The molecule has 2 atom stereocenters. The Morgan fingerprint density at radius 1 is 1.10 bits per heavy atom. The number of hydrogen-bond donors (Lipinski definition) is 2. The number of aryl methyl sites for hydroxylation is 1. The molecule has 0 bridgehead atoms. The van der Waals surface area contributed by atoms with Gasteiger partial charge in [0, 0.05) is 6.54 Å². The van der Waals surface area contributed by atoms with Gasteiger partial charge in [-0.2, -0.15) is 0 Å². The molecule has 0 saturated heterocycles. The van der Waals surface area contributed by atoms with Crippen LogP contribution in [0.1, 0.15) is 53.5 Å². The number of rotatable bonds is 10. The molecular weight excluding hydrogens is 384 g/mol. The molecule has 0 heterocycles. The lowest BCUT2D eigenvalue weighted by Crippen LogP contribution is -2.55. The highest BCUT2D eigenvalue weighted by atomic mass is 16.6. The average molecular weight is 421 g/mol.